The predicted molar refractivity (Wildman–Crippen MR) is 81.1 cm³/mol. The van der Waals surface area contributed by atoms with Crippen molar-refractivity contribution in [2.24, 2.45) is 5.92 Å². The Labute approximate surface area is 129 Å². The highest BCUT2D eigenvalue weighted by molar-refractivity contribution is 9.10. The van der Waals surface area contributed by atoms with Gasteiger partial charge >= 0.3 is 0 Å². The van der Waals surface area contributed by atoms with E-state index >= 15 is 0 Å². The van der Waals surface area contributed by atoms with Crippen molar-refractivity contribution < 1.29 is 9.18 Å². The van der Waals surface area contributed by atoms with Crippen molar-refractivity contribution in [3.63, 3.8) is 0 Å². The average Bonchev–Trinajstić information content (AvgIpc) is 2.38. The van der Waals surface area contributed by atoms with E-state index in [9.17, 15) is 9.18 Å². The summed E-state index contributed by atoms with van der Waals surface area (Å²) >= 11 is 6.84. The van der Waals surface area contributed by atoms with Crippen molar-refractivity contribution >= 4 is 37.8 Å². The second-order valence-electron chi connectivity index (χ2n) is 4.90. The summed E-state index contributed by atoms with van der Waals surface area (Å²) in [5.74, 6) is -0.0888. The maximum Gasteiger partial charge on any atom is 0.257 e. The molecule has 0 aliphatic carbocycles. The van der Waals surface area contributed by atoms with E-state index in [1.54, 1.807) is 17.0 Å². The lowest BCUT2D eigenvalue weighted by Crippen LogP contribution is -2.40. The van der Waals surface area contributed by atoms with Crippen LogP contribution in [0.25, 0.3) is 0 Å². The van der Waals surface area contributed by atoms with Crippen LogP contribution in [0.4, 0.5) is 4.39 Å². The van der Waals surface area contributed by atoms with E-state index in [4.69, 9.17) is 0 Å². The van der Waals surface area contributed by atoms with Gasteiger partial charge in [0.2, 0.25) is 0 Å². The van der Waals surface area contributed by atoms with Crippen molar-refractivity contribution in [3.05, 3.63) is 34.1 Å². The van der Waals surface area contributed by atoms with Gasteiger partial charge in [-0.2, -0.15) is 0 Å². The molecule has 104 valence electrons. The quantitative estimate of drug-likeness (QED) is 0.690. The fourth-order valence-electron chi connectivity index (χ4n) is 2.42. The molecule has 19 heavy (non-hydrogen) atoms. The molecule has 1 saturated heterocycles. The number of alkyl halides is 1. The van der Waals surface area contributed by atoms with E-state index in [1.165, 1.54) is 6.07 Å². The van der Waals surface area contributed by atoms with Gasteiger partial charge in [-0.3, -0.25) is 4.79 Å². The first-order valence-corrected chi connectivity index (χ1v) is 8.09. The molecule has 0 radical (unpaired) electrons. The summed E-state index contributed by atoms with van der Waals surface area (Å²) in [6.45, 7) is 3.52. The van der Waals surface area contributed by atoms with E-state index < -0.39 is 5.82 Å². The number of amides is 1. The number of rotatable bonds is 2. The molecule has 1 heterocycles. The summed E-state index contributed by atoms with van der Waals surface area (Å²) in [6, 6.07) is 4.61. The van der Waals surface area contributed by atoms with E-state index in [-0.39, 0.29) is 11.5 Å². The lowest BCUT2D eigenvalue weighted by Gasteiger charge is -2.33. The van der Waals surface area contributed by atoms with Crippen molar-refractivity contribution in [2.45, 2.75) is 24.6 Å². The Kier molecular flexibility index (Phi) is 5.01. The van der Waals surface area contributed by atoms with Crippen LogP contribution in [0.2, 0.25) is 0 Å². The topological polar surface area (TPSA) is 20.3 Å². The van der Waals surface area contributed by atoms with E-state index in [0.717, 1.165) is 12.8 Å². The molecule has 5 heteroatoms. The zero-order valence-corrected chi connectivity index (χ0v) is 13.9. The minimum atomic E-state index is -0.463. The van der Waals surface area contributed by atoms with E-state index in [1.807, 2.05) is 0 Å². The molecule has 0 spiro atoms. The van der Waals surface area contributed by atoms with Gasteiger partial charge in [0, 0.05) is 22.4 Å². The van der Waals surface area contributed by atoms with Crippen molar-refractivity contribution in [3.8, 4) is 0 Å². The second kappa shape index (κ2) is 6.35. The first-order chi connectivity index (χ1) is 9.00. The smallest absolute Gasteiger partial charge is 0.257 e. The summed E-state index contributed by atoms with van der Waals surface area (Å²) < 4.78 is 14.3. The van der Waals surface area contributed by atoms with Crippen LogP contribution >= 0.6 is 31.9 Å². The number of hydrogen-bond donors (Lipinski definition) is 0. The van der Waals surface area contributed by atoms with Gasteiger partial charge in [0.1, 0.15) is 5.82 Å². The van der Waals surface area contributed by atoms with Gasteiger partial charge in [-0.1, -0.05) is 28.9 Å². The van der Waals surface area contributed by atoms with Crippen molar-refractivity contribution in [2.75, 3.05) is 13.1 Å². The third-order valence-electron chi connectivity index (χ3n) is 3.65. The molecular formula is C14H16Br2FNO. The Bertz CT molecular complexity index is 450. The Morgan fingerprint density at radius 3 is 2.58 bits per heavy atom. The Morgan fingerprint density at radius 2 is 2.05 bits per heavy atom. The molecule has 0 N–H and O–H groups in total. The summed E-state index contributed by atoms with van der Waals surface area (Å²) in [6.07, 6.45) is 1.93. The maximum atomic E-state index is 13.8. The molecule has 0 bridgehead atoms. The molecule has 2 nitrogen and oxygen atoms in total. The molecule has 1 unspecified atom stereocenters. The summed E-state index contributed by atoms with van der Waals surface area (Å²) in [4.78, 5) is 14.6. The normalized spacial score (nSPS) is 18.4. The Morgan fingerprint density at radius 1 is 1.42 bits per heavy atom. The Hall–Kier alpha value is -0.420. The minimum absolute atomic E-state index is 0.146. The zero-order valence-electron chi connectivity index (χ0n) is 10.7. The van der Waals surface area contributed by atoms with E-state index in [2.05, 4.69) is 38.8 Å². The number of nitrogens with zero attached hydrogens (tertiary/aromatic N) is 1. The number of hydrogen-bond acceptors (Lipinski definition) is 1. The largest absolute Gasteiger partial charge is 0.339 e. The molecule has 2 rings (SSSR count). The molecule has 1 aromatic carbocycles. The molecule has 1 aliphatic heterocycles. The van der Waals surface area contributed by atoms with Crippen LogP contribution in [0.15, 0.2) is 22.7 Å². The van der Waals surface area contributed by atoms with Crippen LogP contribution in [0, 0.1) is 11.7 Å². The van der Waals surface area contributed by atoms with Crippen LogP contribution in [-0.4, -0.2) is 28.7 Å². The number of halogens is 3. The highest BCUT2D eigenvalue weighted by Crippen LogP contribution is 2.27. The monoisotopic (exact) mass is 391 g/mol. The molecule has 1 aliphatic rings. The van der Waals surface area contributed by atoms with E-state index in [0.29, 0.717) is 28.3 Å². The number of benzene rings is 1. The first-order valence-electron chi connectivity index (χ1n) is 6.38. The predicted octanol–water partition coefficient (Wildman–Crippen LogP) is 4.22. The highest BCUT2D eigenvalue weighted by Gasteiger charge is 2.28. The van der Waals surface area contributed by atoms with Crippen LogP contribution in [0.1, 0.15) is 30.1 Å². The van der Waals surface area contributed by atoms with Crippen LogP contribution in [0.5, 0.6) is 0 Å². The lowest BCUT2D eigenvalue weighted by molar-refractivity contribution is 0.0686. The fraction of sp³-hybridized carbons (Fsp3) is 0.500. The SMILES string of the molecule is CC(Br)C1CCN(C(=O)c2c(F)cccc2Br)CC1. The number of carbonyl (C=O) groups is 1. The van der Waals surface area contributed by atoms with Crippen LogP contribution in [-0.2, 0) is 0 Å². The molecule has 0 aromatic heterocycles. The van der Waals surface area contributed by atoms with Crippen LogP contribution in [0.3, 0.4) is 0 Å². The number of carbonyl (C=O) groups excluding carboxylic acids is 1. The zero-order chi connectivity index (χ0) is 14.0. The third kappa shape index (κ3) is 3.37. The molecule has 1 atom stereocenters. The van der Waals surface area contributed by atoms with Gasteiger partial charge in [-0.05, 0) is 46.8 Å². The van der Waals surface area contributed by atoms with Gasteiger partial charge in [-0.15, -0.1) is 0 Å². The summed E-state index contributed by atoms with van der Waals surface area (Å²) in [5, 5.41) is 0. The van der Waals surface area contributed by atoms with Gasteiger partial charge < -0.3 is 4.90 Å². The Balaban J connectivity index is 2.10. The third-order valence-corrected chi connectivity index (χ3v) is 5.06. The van der Waals surface area contributed by atoms with Gasteiger partial charge in [0.25, 0.3) is 5.91 Å². The second-order valence-corrected chi connectivity index (χ2v) is 7.20. The molecular weight excluding hydrogens is 377 g/mol. The first kappa shape index (κ1) is 15.0. The molecule has 0 saturated carbocycles. The lowest BCUT2D eigenvalue weighted by atomic mass is 9.94. The van der Waals surface area contributed by atoms with Crippen LogP contribution < -0.4 is 0 Å². The summed E-state index contributed by atoms with van der Waals surface area (Å²) in [5.41, 5.74) is 0.146. The minimum Gasteiger partial charge on any atom is -0.339 e. The maximum absolute atomic E-state index is 13.8. The summed E-state index contributed by atoms with van der Waals surface area (Å²) in [7, 11) is 0. The molecule has 1 fully saturated rings. The standard InChI is InChI=1S/C14H16Br2FNO/c1-9(15)10-5-7-18(8-6-10)14(19)13-11(16)3-2-4-12(13)17/h2-4,9-10H,5-8H2,1H3. The fourth-order valence-corrected chi connectivity index (χ4v) is 3.46. The average molecular weight is 393 g/mol. The van der Waals surface area contributed by atoms with Gasteiger partial charge in [-0.25, -0.2) is 4.39 Å². The molecule has 1 amide bonds. The van der Waals surface area contributed by atoms with Crippen molar-refractivity contribution in [1.82, 2.24) is 4.90 Å². The number of piperidine rings is 1. The highest BCUT2D eigenvalue weighted by atomic mass is 79.9. The molecule has 1 aromatic rings. The van der Waals surface area contributed by atoms with Gasteiger partial charge in [0.05, 0.1) is 5.56 Å². The van der Waals surface area contributed by atoms with Crippen molar-refractivity contribution in [1.29, 1.82) is 0 Å². The number of likely N-dealkylation sites (tertiary alicyclic amines) is 1. The van der Waals surface area contributed by atoms with Gasteiger partial charge in [0.15, 0.2) is 0 Å².